The van der Waals surface area contributed by atoms with Crippen LogP contribution in [0.25, 0.3) is 0 Å². The van der Waals surface area contributed by atoms with Gasteiger partial charge in [-0.15, -0.1) is 0 Å². The van der Waals surface area contributed by atoms with E-state index < -0.39 is 0 Å². The quantitative estimate of drug-likeness (QED) is 0.689. The van der Waals surface area contributed by atoms with Gasteiger partial charge in [-0.2, -0.15) is 0 Å². The van der Waals surface area contributed by atoms with E-state index in [9.17, 15) is 4.79 Å². The van der Waals surface area contributed by atoms with Gasteiger partial charge in [0.15, 0.2) is 5.84 Å². The summed E-state index contributed by atoms with van der Waals surface area (Å²) < 4.78 is 5.75. The molecule has 3 aliphatic heterocycles. The van der Waals surface area contributed by atoms with E-state index in [1.54, 1.807) is 6.20 Å². The SMILES string of the molecule is O=C(NC1=CN=CCC1N1CCNCC1)c1cnc(C2=NC3CCCCC3N2)o1. The first-order valence-corrected chi connectivity index (χ1v) is 10.6. The average Bonchev–Trinajstić information content (AvgIpc) is 3.42. The van der Waals surface area contributed by atoms with Crippen LogP contribution in [0.2, 0.25) is 0 Å². The lowest BCUT2D eigenvalue weighted by molar-refractivity contribution is 0.0925. The Morgan fingerprint density at radius 3 is 2.97 bits per heavy atom. The van der Waals surface area contributed by atoms with Crippen LogP contribution in [0.5, 0.6) is 0 Å². The average molecular weight is 397 g/mol. The van der Waals surface area contributed by atoms with Crippen LogP contribution in [0.15, 0.2) is 32.5 Å². The number of carbonyl (C=O) groups excluding carboxylic acids is 1. The Hall–Kier alpha value is -2.52. The van der Waals surface area contributed by atoms with Gasteiger partial charge in [0.2, 0.25) is 5.76 Å². The van der Waals surface area contributed by atoms with Gasteiger partial charge in [0.1, 0.15) is 0 Å². The molecular weight excluding hydrogens is 370 g/mol. The standard InChI is InChI=1S/C20H27N7O2/c28-19(26-15-11-22-6-5-16(15)27-9-7-21-8-10-27)17-12-23-20(29-17)18-24-13-3-1-2-4-14(13)25-18/h6,11-14,16,21H,1-5,7-10H2,(H,24,25)(H,26,28). The molecule has 1 aromatic rings. The Labute approximate surface area is 169 Å². The van der Waals surface area contributed by atoms with Crippen molar-refractivity contribution in [1.29, 1.82) is 0 Å². The Morgan fingerprint density at radius 2 is 2.10 bits per heavy atom. The highest BCUT2D eigenvalue weighted by molar-refractivity contribution is 5.98. The third kappa shape index (κ3) is 3.84. The lowest BCUT2D eigenvalue weighted by atomic mass is 9.92. The van der Waals surface area contributed by atoms with Crippen molar-refractivity contribution in [2.24, 2.45) is 9.98 Å². The van der Waals surface area contributed by atoms with Crippen molar-refractivity contribution in [3.8, 4) is 0 Å². The molecule has 0 aromatic carbocycles. The van der Waals surface area contributed by atoms with E-state index in [1.807, 2.05) is 6.21 Å². The number of carbonyl (C=O) groups is 1. The van der Waals surface area contributed by atoms with E-state index in [0.29, 0.717) is 23.8 Å². The Morgan fingerprint density at radius 1 is 1.24 bits per heavy atom. The summed E-state index contributed by atoms with van der Waals surface area (Å²) in [5, 5.41) is 9.76. The minimum atomic E-state index is -0.303. The third-order valence-corrected chi connectivity index (χ3v) is 6.14. The van der Waals surface area contributed by atoms with E-state index in [0.717, 1.165) is 51.1 Å². The molecule has 4 aliphatic rings. The first-order chi connectivity index (χ1) is 14.3. The highest BCUT2D eigenvalue weighted by atomic mass is 16.4. The number of hydrogen-bond donors (Lipinski definition) is 3. The lowest BCUT2D eigenvalue weighted by Gasteiger charge is -2.36. The van der Waals surface area contributed by atoms with Gasteiger partial charge in [0.25, 0.3) is 11.8 Å². The minimum Gasteiger partial charge on any atom is -0.428 e. The number of aromatic nitrogens is 1. The van der Waals surface area contributed by atoms with Crippen molar-refractivity contribution in [2.45, 2.75) is 50.2 Å². The number of oxazole rings is 1. The largest absolute Gasteiger partial charge is 0.428 e. The number of hydrogen-bond acceptors (Lipinski definition) is 8. The number of rotatable bonds is 4. The first kappa shape index (κ1) is 18.5. The fraction of sp³-hybridized carbons (Fsp3) is 0.600. The lowest BCUT2D eigenvalue weighted by Crippen LogP contribution is -2.51. The molecule has 29 heavy (non-hydrogen) atoms. The molecule has 9 nitrogen and oxygen atoms in total. The number of nitrogens with zero attached hydrogens (tertiary/aromatic N) is 4. The normalized spacial score (nSPS) is 29.6. The van der Waals surface area contributed by atoms with Crippen LogP contribution < -0.4 is 16.0 Å². The Kier molecular flexibility index (Phi) is 5.15. The summed E-state index contributed by atoms with van der Waals surface area (Å²) in [4.78, 5) is 28.4. The predicted molar refractivity (Wildman–Crippen MR) is 109 cm³/mol. The second-order valence-corrected chi connectivity index (χ2v) is 8.02. The number of amidine groups is 1. The van der Waals surface area contributed by atoms with Gasteiger partial charge >= 0.3 is 0 Å². The van der Waals surface area contributed by atoms with Crippen LogP contribution in [-0.4, -0.2) is 72.1 Å². The molecule has 4 heterocycles. The molecule has 0 spiro atoms. The second-order valence-electron chi connectivity index (χ2n) is 8.02. The molecular formula is C20H27N7O2. The molecule has 0 radical (unpaired) electrons. The maximum absolute atomic E-state index is 12.8. The van der Waals surface area contributed by atoms with Crippen LogP contribution in [0.3, 0.4) is 0 Å². The van der Waals surface area contributed by atoms with Gasteiger partial charge < -0.3 is 20.4 Å². The maximum Gasteiger partial charge on any atom is 0.292 e. The summed E-state index contributed by atoms with van der Waals surface area (Å²) in [7, 11) is 0. The molecule has 0 bridgehead atoms. The number of aliphatic imine (C=N–C) groups is 2. The number of amides is 1. The summed E-state index contributed by atoms with van der Waals surface area (Å²) in [5.41, 5.74) is 0.805. The maximum atomic E-state index is 12.8. The van der Waals surface area contributed by atoms with Crippen molar-refractivity contribution in [2.75, 3.05) is 26.2 Å². The van der Waals surface area contributed by atoms with Gasteiger partial charge in [-0.25, -0.2) is 4.98 Å². The van der Waals surface area contributed by atoms with Gasteiger partial charge in [0.05, 0.1) is 30.0 Å². The predicted octanol–water partition coefficient (Wildman–Crippen LogP) is 0.655. The summed E-state index contributed by atoms with van der Waals surface area (Å²) >= 11 is 0. The molecule has 5 rings (SSSR count). The zero-order valence-corrected chi connectivity index (χ0v) is 16.4. The third-order valence-electron chi connectivity index (χ3n) is 6.14. The Bertz CT molecular complexity index is 853. The van der Waals surface area contributed by atoms with Crippen LogP contribution in [0.4, 0.5) is 0 Å². The summed E-state index contributed by atoms with van der Waals surface area (Å²) in [6.07, 6.45) is 10.6. The van der Waals surface area contributed by atoms with Crippen LogP contribution in [-0.2, 0) is 0 Å². The molecule has 9 heteroatoms. The molecule has 3 unspecified atom stereocenters. The van der Waals surface area contributed by atoms with Crippen molar-refractivity contribution in [3.05, 3.63) is 29.7 Å². The van der Waals surface area contributed by atoms with Crippen molar-refractivity contribution >= 4 is 18.0 Å². The molecule has 154 valence electrons. The number of fused-ring (bicyclic) bond motifs is 1. The van der Waals surface area contributed by atoms with Crippen molar-refractivity contribution in [1.82, 2.24) is 25.8 Å². The van der Waals surface area contributed by atoms with Crippen LogP contribution >= 0.6 is 0 Å². The van der Waals surface area contributed by atoms with E-state index in [4.69, 9.17) is 9.41 Å². The fourth-order valence-electron chi connectivity index (χ4n) is 4.57. The van der Waals surface area contributed by atoms with Crippen molar-refractivity contribution in [3.63, 3.8) is 0 Å². The van der Waals surface area contributed by atoms with E-state index in [1.165, 1.54) is 19.0 Å². The molecule has 1 amide bonds. The first-order valence-electron chi connectivity index (χ1n) is 10.6. The summed E-state index contributed by atoms with van der Waals surface area (Å²) in [5.74, 6) is 0.942. The second kappa shape index (κ2) is 8.08. The molecule has 2 fully saturated rings. The smallest absolute Gasteiger partial charge is 0.292 e. The van der Waals surface area contributed by atoms with Gasteiger partial charge in [-0.3, -0.25) is 19.7 Å². The topological polar surface area (TPSA) is 107 Å². The molecule has 1 aliphatic carbocycles. The molecule has 1 aromatic heterocycles. The molecule has 3 atom stereocenters. The Balaban J connectivity index is 1.26. The number of nitrogens with one attached hydrogen (secondary N) is 3. The number of piperazine rings is 1. The molecule has 3 N–H and O–H groups in total. The zero-order chi connectivity index (χ0) is 19.6. The summed E-state index contributed by atoms with van der Waals surface area (Å²) in [6.45, 7) is 3.81. The van der Waals surface area contributed by atoms with Crippen molar-refractivity contribution < 1.29 is 9.21 Å². The van der Waals surface area contributed by atoms with Crippen LogP contribution in [0.1, 0.15) is 48.5 Å². The highest BCUT2D eigenvalue weighted by Gasteiger charge is 2.33. The highest BCUT2D eigenvalue weighted by Crippen LogP contribution is 2.26. The van der Waals surface area contributed by atoms with Gasteiger partial charge in [-0.1, -0.05) is 12.8 Å². The minimum absolute atomic E-state index is 0.130. The molecule has 1 saturated carbocycles. The van der Waals surface area contributed by atoms with E-state index >= 15 is 0 Å². The van der Waals surface area contributed by atoms with E-state index in [2.05, 4.69) is 30.8 Å². The summed E-state index contributed by atoms with van der Waals surface area (Å²) in [6, 6.07) is 0.797. The molecule has 1 saturated heterocycles. The zero-order valence-electron chi connectivity index (χ0n) is 16.4. The fourth-order valence-corrected chi connectivity index (χ4v) is 4.57. The van der Waals surface area contributed by atoms with Gasteiger partial charge in [-0.05, 0) is 12.8 Å². The van der Waals surface area contributed by atoms with Crippen LogP contribution in [0, 0.1) is 0 Å². The monoisotopic (exact) mass is 397 g/mol. The van der Waals surface area contributed by atoms with Gasteiger partial charge in [0, 0.05) is 45.0 Å². The van der Waals surface area contributed by atoms with E-state index in [-0.39, 0.29) is 17.7 Å².